The summed E-state index contributed by atoms with van der Waals surface area (Å²) in [5.41, 5.74) is 1.11. The van der Waals surface area contributed by atoms with Crippen LogP contribution < -0.4 is 4.74 Å². The van der Waals surface area contributed by atoms with Crippen LogP contribution in [0.4, 0.5) is 0 Å². The number of benzene rings is 1. The van der Waals surface area contributed by atoms with E-state index in [2.05, 4.69) is 0 Å². The highest BCUT2D eigenvalue weighted by Gasteiger charge is 1.99. The van der Waals surface area contributed by atoms with E-state index < -0.39 is 0 Å². The van der Waals surface area contributed by atoms with Crippen LogP contribution in [0.5, 0.6) is 5.75 Å². The van der Waals surface area contributed by atoms with Gasteiger partial charge >= 0.3 is 0 Å². The molecule has 1 rings (SSSR count). The molecule has 0 saturated heterocycles. The first-order valence-electron chi connectivity index (χ1n) is 5.42. The Morgan fingerprint density at radius 3 is 2.56 bits per heavy atom. The first-order chi connectivity index (χ1) is 7.76. The lowest BCUT2D eigenvalue weighted by molar-refractivity contribution is -0.111. The number of hydrogen-bond acceptors (Lipinski definition) is 3. The van der Waals surface area contributed by atoms with Crippen molar-refractivity contribution >= 4 is 6.29 Å². The Bertz CT molecular complexity index is 305. The molecule has 0 N–H and O–H groups in total. The van der Waals surface area contributed by atoms with Crippen molar-refractivity contribution in [3.05, 3.63) is 29.8 Å². The van der Waals surface area contributed by atoms with E-state index in [-0.39, 0.29) is 5.92 Å². The van der Waals surface area contributed by atoms with Crippen molar-refractivity contribution in [3.8, 4) is 5.75 Å². The summed E-state index contributed by atoms with van der Waals surface area (Å²) in [6, 6.07) is 7.77. The van der Waals surface area contributed by atoms with Gasteiger partial charge in [-0.3, -0.25) is 0 Å². The lowest BCUT2D eigenvalue weighted by atomic mass is 10.1. The van der Waals surface area contributed by atoms with Crippen molar-refractivity contribution in [2.75, 3.05) is 13.7 Å². The first-order valence-corrected chi connectivity index (χ1v) is 5.42. The van der Waals surface area contributed by atoms with Crippen LogP contribution in [0.2, 0.25) is 0 Å². The van der Waals surface area contributed by atoms with Gasteiger partial charge in [-0.1, -0.05) is 19.1 Å². The van der Waals surface area contributed by atoms with E-state index >= 15 is 0 Å². The van der Waals surface area contributed by atoms with Gasteiger partial charge in [-0.25, -0.2) is 0 Å². The molecule has 0 spiro atoms. The predicted molar refractivity (Wildman–Crippen MR) is 62.5 cm³/mol. The summed E-state index contributed by atoms with van der Waals surface area (Å²) >= 11 is 0. The largest absolute Gasteiger partial charge is 0.497 e. The number of ether oxygens (including phenoxy) is 2. The molecule has 0 heterocycles. The molecule has 1 unspecified atom stereocenters. The number of carbonyl (C=O) groups excluding carboxylic acids is 1. The van der Waals surface area contributed by atoms with Gasteiger partial charge in [0.15, 0.2) is 0 Å². The fourth-order valence-corrected chi connectivity index (χ4v) is 1.25. The molecule has 1 aromatic rings. The maximum atomic E-state index is 10.4. The highest BCUT2D eigenvalue weighted by molar-refractivity contribution is 5.52. The zero-order valence-corrected chi connectivity index (χ0v) is 9.81. The molecular formula is C13H18O3. The smallest absolute Gasteiger partial charge is 0.122 e. The molecule has 0 aliphatic heterocycles. The number of aldehydes is 1. The molecule has 0 radical (unpaired) electrons. The number of carbonyl (C=O) groups is 1. The average molecular weight is 222 g/mol. The van der Waals surface area contributed by atoms with Crippen LogP contribution in [0.15, 0.2) is 24.3 Å². The maximum Gasteiger partial charge on any atom is 0.122 e. The van der Waals surface area contributed by atoms with Gasteiger partial charge in [-0.05, 0) is 24.1 Å². The summed E-state index contributed by atoms with van der Waals surface area (Å²) in [6.07, 6.45) is 1.73. The zero-order chi connectivity index (χ0) is 11.8. The molecule has 1 atom stereocenters. The maximum absolute atomic E-state index is 10.4. The molecule has 1 aromatic carbocycles. The van der Waals surface area contributed by atoms with Gasteiger partial charge in [0.05, 0.1) is 13.7 Å². The van der Waals surface area contributed by atoms with Gasteiger partial charge in [0.1, 0.15) is 12.0 Å². The molecule has 0 aliphatic carbocycles. The van der Waals surface area contributed by atoms with E-state index in [0.29, 0.717) is 13.2 Å². The molecule has 16 heavy (non-hydrogen) atoms. The Balaban J connectivity index is 2.24. The van der Waals surface area contributed by atoms with Crippen molar-refractivity contribution in [2.24, 2.45) is 5.92 Å². The van der Waals surface area contributed by atoms with Crippen LogP contribution in [0.25, 0.3) is 0 Å². The predicted octanol–water partition coefficient (Wildman–Crippen LogP) is 2.44. The quantitative estimate of drug-likeness (QED) is 0.525. The van der Waals surface area contributed by atoms with Gasteiger partial charge in [0.25, 0.3) is 0 Å². The molecule has 88 valence electrons. The Morgan fingerprint density at radius 1 is 1.31 bits per heavy atom. The third kappa shape index (κ3) is 4.45. The van der Waals surface area contributed by atoms with Gasteiger partial charge < -0.3 is 14.3 Å². The van der Waals surface area contributed by atoms with Crippen molar-refractivity contribution in [1.29, 1.82) is 0 Å². The van der Waals surface area contributed by atoms with Crippen LogP contribution in [-0.4, -0.2) is 20.0 Å². The summed E-state index contributed by atoms with van der Waals surface area (Å²) < 4.78 is 10.5. The molecule has 0 bridgehead atoms. The average Bonchev–Trinajstić information content (AvgIpc) is 2.35. The van der Waals surface area contributed by atoms with Crippen molar-refractivity contribution < 1.29 is 14.3 Å². The Kier molecular flexibility index (Phi) is 5.57. The molecule has 0 aromatic heterocycles. The summed E-state index contributed by atoms with van der Waals surface area (Å²) in [7, 11) is 1.65. The minimum Gasteiger partial charge on any atom is -0.497 e. The minimum absolute atomic E-state index is 0.0795. The molecule has 3 nitrogen and oxygen atoms in total. The van der Waals surface area contributed by atoms with Gasteiger partial charge in [0, 0.05) is 12.5 Å². The topological polar surface area (TPSA) is 35.5 Å². The minimum atomic E-state index is 0.0795. The van der Waals surface area contributed by atoms with Gasteiger partial charge in [-0.2, -0.15) is 0 Å². The number of methoxy groups -OCH3 is 1. The summed E-state index contributed by atoms with van der Waals surface area (Å²) in [6.45, 7) is 3.09. The van der Waals surface area contributed by atoms with Crippen LogP contribution in [0.1, 0.15) is 18.9 Å². The van der Waals surface area contributed by atoms with Crippen molar-refractivity contribution in [2.45, 2.75) is 20.0 Å². The second-order valence-electron chi connectivity index (χ2n) is 3.80. The third-order valence-electron chi connectivity index (χ3n) is 2.38. The zero-order valence-electron chi connectivity index (χ0n) is 9.81. The van der Waals surface area contributed by atoms with E-state index in [9.17, 15) is 4.79 Å². The molecule has 0 aliphatic rings. The number of rotatable bonds is 7. The second-order valence-corrected chi connectivity index (χ2v) is 3.80. The van der Waals surface area contributed by atoms with E-state index in [1.54, 1.807) is 7.11 Å². The Labute approximate surface area is 96.4 Å². The molecule has 0 fully saturated rings. The van der Waals surface area contributed by atoms with E-state index in [0.717, 1.165) is 24.0 Å². The highest BCUT2D eigenvalue weighted by Crippen LogP contribution is 2.12. The van der Waals surface area contributed by atoms with E-state index in [1.807, 2.05) is 31.2 Å². The number of hydrogen-bond donors (Lipinski definition) is 0. The third-order valence-corrected chi connectivity index (χ3v) is 2.38. The molecule has 3 heteroatoms. The Hall–Kier alpha value is -1.35. The van der Waals surface area contributed by atoms with E-state index in [4.69, 9.17) is 9.47 Å². The standard InChI is InChI=1S/C13H18O3/c1-11(9-14)7-8-16-10-12-3-5-13(15-2)6-4-12/h3-6,9,11H,7-8,10H2,1-2H3. The van der Waals surface area contributed by atoms with E-state index in [1.165, 1.54) is 0 Å². The lowest BCUT2D eigenvalue weighted by Crippen LogP contribution is -2.02. The SMILES string of the molecule is COc1ccc(COCCC(C)C=O)cc1. The summed E-state index contributed by atoms with van der Waals surface area (Å²) in [5.74, 6) is 0.925. The fraction of sp³-hybridized carbons (Fsp3) is 0.462. The highest BCUT2D eigenvalue weighted by atomic mass is 16.5. The van der Waals surface area contributed by atoms with Gasteiger partial charge in [-0.15, -0.1) is 0 Å². The molecule has 0 saturated carbocycles. The van der Waals surface area contributed by atoms with Crippen molar-refractivity contribution in [1.82, 2.24) is 0 Å². The van der Waals surface area contributed by atoms with Crippen molar-refractivity contribution in [3.63, 3.8) is 0 Å². The summed E-state index contributed by atoms with van der Waals surface area (Å²) in [4.78, 5) is 10.4. The normalized spacial score (nSPS) is 12.1. The first kappa shape index (κ1) is 12.7. The molecule has 0 amide bonds. The van der Waals surface area contributed by atoms with Crippen LogP contribution in [-0.2, 0) is 16.1 Å². The lowest BCUT2D eigenvalue weighted by Gasteiger charge is -2.06. The summed E-state index contributed by atoms with van der Waals surface area (Å²) in [5, 5.41) is 0. The van der Waals surface area contributed by atoms with Gasteiger partial charge in [0.2, 0.25) is 0 Å². The van der Waals surface area contributed by atoms with Crippen LogP contribution >= 0.6 is 0 Å². The fourth-order valence-electron chi connectivity index (χ4n) is 1.25. The molecular weight excluding hydrogens is 204 g/mol. The Morgan fingerprint density at radius 2 is 2.00 bits per heavy atom. The van der Waals surface area contributed by atoms with Crippen LogP contribution in [0.3, 0.4) is 0 Å². The van der Waals surface area contributed by atoms with Crippen LogP contribution in [0, 0.1) is 5.92 Å². The second kappa shape index (κ2) is 7.01. The monoisotopic (exact) mass is 222 g/mol.